The predicted octanol–water partition coefficient (Wildman–Crippen LogP) is 5.06. The van der Waals surface area contributed by atoms with Gasteiger partial charge in [-0.25, -0.2) is 0 Å². The Morgan fingerprint density at radius 3 is 2.04 bits per heavy atom. The third-order valence-corrected chi connectivity index (χ3v) is 3.45. The maximum atomic E-state index is 12.2. The van der Waals surface area contributed by atoms with Crippen LogP contribution >= 0.6 is 0 Å². The minimum atomic E-state index is -0.467. The molecule has 1 atom stereocenters. The van der Waals surface area contributed by atoms with Crippen LogP contribution in [0.15, 0.2) is 12.2 Å². The van der Waals surface area contributed by atoms with Crippen molar-refractivity contribution in [2.24, 2.45) is 11.8 Å². The van der Waals surface area contributed by atoms with Gasteiger partial charge in [0, 0.05) is 0 Å². The minimum Gasteiger partial charge on any atom is -0.463 e. The zero-order chi connectivity index (χ0) is 18.5. The second-order valence-electron chi connectivity index (χ2n) is 7.31. The first-order valence-corrected chi connectivity index (χ1v) is 9.27. The van der Waals surface area contributed by atoms with Gasteiger partial charge in [-0.2, -0.15) is 0 Å². The van der Waals surface area contributed by atoms with E-state index in [1.54, 1.807) is 13.8 Å². The van der Waals surface area contributed by atoms with Crippen LogP contribution in [0, 0.1) is 11.8 Å². The van der Waals surface area contributed by atoms with Crippen molar-refractivity contribution in [1.29, 1.82) is 0 Å². The van der Waals surface area contributed by atoms with Gasteiger partial charge in [-0.1, -0.05) is 38.8 Å². The molecule has 0 bridgehead atoms. The van der Waals surface area contributed by atoms with E-state index in [4.69, 9.17) is 9.47 Å². The smallest absolute Gasteiger partial charge is 0.310 e. The van der Waals surface area contributed by atoms with Crippen LogP contribution in [-0.4, -0.2) is 24.1 Å². The molecule has 0 N–H and O–H groups in total. The highest BCUT2D eigenvalue weighted by Gasteiger charge is 2.24. The zero-order valence-electron chi connectivity index (χ0n) is 16.3. The van der Waals surface area contributed by atoms with E-state index in [0.717, 1.165) is 18.8 Å². The molecule has 0 aliphatic rings. The van der Waals surface area contributed by atoms with Gasteiger partial charge in [-0.3, -0.25) is 9.59 Å². The van der Waals surface area contributed by atoms with Gasteiger partial charge in [0.25, 0.3) is 0 Å². The van der Waals surface area contributed by atoms with Crippen LogP contribution in [0.3, 0.4) is 0 Å². The number of hydrogen-bond donors (Lipinski definition) is 0. The molecule has 140 valence electrons. The quantitative estimate of drug-likeness (QED) is 0.283. The Morgan fingerprint density at radius 2 is 1.50 bits per heavy atom. The largest absolute Gasteiger partial charge is 0.463 e. The topological polar surface area (TPSA) is 52.6 Å². The second kappa shape index (κ2) is 13.0. The van der Waals surface area contributed by atoms with Crippen molar-refractivity contribution >= 4 is 11.9 Å². The van der Waals surface area contributed by atoms with Crippen molar-refractivity contribution in [1.82, 2.24) is 0 Å². The molecule has 0 unspecified atom stereocenters. The SMILES string of the molecule is CC(C)CCCCC=CC[C@H](CC(=O)OC(C)C)C(=O)OC(C)C. The number of carbonyl (C=O) groups excluding carboxylic acids is 2. The fourth-order valence-corrected chi connectivity index (χ4v) is 2.30. The number of unbranched alkanes of at least 4 members (excludes halogenated alkanes) is 2. The third kappa shape index (κ3) is 13.1. The molecular formula is C20H36O4. The van der Waals surface area contributed by atoms with Crippen LogP contribution in [0.5, 0.6) is 0 Å². The molecule has 0 amide bonds. The summed E-state index contributed by atoms with van der Waals surface area (Å²) >= 11 is 0. The van der Waals surface area contributed by atoms with Crippen molar-refractivity contribution in [3.63, 3.8) is 0 Å². The van der Waals surface area contributed by atoms with E-state index in [9.17, 15) is 9.59 Å². The number of allylic oxidation sites excluding steroid dienone is 2. The maximum Gasteiger partial charge on any atom is 0.310 e. The summed E-state index contributed by atoms with van der Waals surface area (Å²) in [5.74, 6) is -0.391. The summed E-state index contributed by atoms with van der Waals surface area (Å²) in [6.45, 7) is 11.7. The number of hydrogen-bond acceptors (Lipinski definition) is 4. The van der Waals surface area contributed by atoms with Crippen LogP contribution in [0.2, 0.25) is 0 Å². The van der Waals surface area contributed by atoms with Gasteiger partial charge < -0.3 is 9.47 Å². The summed E-state index contributed by atoms with van der Waals surface area (Å²) in [6, 6.07) is 0. The van der Waals surface area contributed by atoms with Crippen molar-refractivity contribution < 1.29 is 19.1 Å². The normalized spacial score (nSPS) is 13.0. The van der Waals surface area contributed by atoms with Crippen LogP contribution in [0.25, 0.3) is 0 Å². The average molecular weight is 341 g/mol. The van der Waals surface area contributed by atoms with E-state index < -0.39 is 5.92 Å². The Morgan fingerprint density at radius 1 is 0.875 bits per heavy atom. The summed E-state index contributed by atoms with van der Waals surface area (Å²) in [6.07, 6.45) is 8.97. The van der Waals surface area contributed by atoms with Gasteiger partial charge >= 0.3 is 11.9 Å². The van der Waals surface area contributed by atoms with Crippen molar-refractivity contribution in [2.45, 2.75) is 92.3 Å². The molecule has 4 heteroatoms. The lowest BCUT2D eigenvalue weighted by Gasteiger charge is -2.16. The van der Waals surface area contributed by atoms with Crippen LogP contribution in [0.4, 0.5) is 0 Å². The van der Waals surface area contributed by atoms with E-state index in [2.05, 4.69) is 19.9 Å². The molecular weight excluding hydrogens is 304 g/mol. The Kier molecular flexibility index (Phi) is 12.3. The Balaban J connectivity index is 4.38. The molecule has 0 spiro atoms. The molecule has 0 aliphatic heterocycles. The molecule has 0 aromatic rings. The van der Waals surface area contributed by atoms with Crippen LogP contribution in [0.1, 0.15) is 80.1 Å². The predicted molar refractivity (Wildman–Crippen MR) is 97.6 cm³/mol. The fourth-order valence-electron chi connectivity index (χ4n) is 2.30. The number of ether oxygens (including phenoxy) is 2. The highest BCUT2D eigenvalue weighted by molar-refractivity contribution is 5.80. The first-order chi connectivity index (χ1) is 11.2. The van der Waals surface area contributed by atoms with Gasteiger partial charge in [0.05, 0.1) is 24.5 Å². The zero-order valence-corrected chi connectivity index (χ0v) is 16.3. The van der Waals surface area contributed by atoms with Gasteiger partial charge in [0.2, 0.25) is 0 Å². The summed E-state index contributed by atoms with van der Waals surface area (Å²) in [5.41, 5.74) is 0. The highest BCUT2D eigenvalue weighted by Crippen LogP contribution is 2.16. The van der Waals surface area contributed by atoms with Gasteiger partial charge in [-0.15, -0.1) is 0 Å². The lowest BCUT2D eigenvalue weighted by Crippen LogP contribution is -2.25. The number of carbonyl (C=O) groups is 2. The van der Waals surface area contributed by atoms with E-state index in [0.29, 0.717) is 6.42 Å². The molecule has 4 nitrogen and oxygen atoms in total. The van der Waals surface area contributed by atoms with Gasteiger partial charge in [0.1, 0.15) is 0 Å². The molecule has 0 aliphatic carbocycles. The maximum absolute atomic E-state index is 12.2. The molecule has 0 heterocycles. The molecule has 0 fully saturated rings. The van der Waals surface area contributed by atoms with Crippen molar-refractivity contribution in [3.8, 4) is 0 Å². The minimum absolute atomic E-state index is 0.0709. The lowest BCUT2D eigenvalue weighted by molar-refractivity contribution is -0.159. The highest BCUT2D eigenvalue weighted by atomic mass is 16.5. The van der Waals surface area contributed by atoms with Crippen molar-refractivity contribution in [3.05, 3.63) is 12.2 Å². The van der Waals surface area contributed by atoms with Crippen molar-refractivity contribution in [2.75, 3.05) is 0 Å². The summed E-state index contributed by atoms with van der Waals surface area (Å²) in [5, 5.41) is 0. The Bertz CT molecular complexity index is 383. The van der Waals surface area contributed by atoms with Gasteiger partial charge in [0.15, 0.2) is 0 Å². The standard InChI is InChI=1S/C20H36O4/c1-15(2)12-10-8-7-9-11-13-18(20(22)24-17(5)6)14-19(21)23-16(3)4/h9,11,15-18H,7-8,10,12-14H2,1-6H3/t18-/m1/s1. The average Bonchev–Trinajstić information content (AvgIpc) is 2.42. The van der Waals surface area contributed by atoms with Crippen LogP contribution in [-0.2, 0) is 19.1 Å². The van der Waals surface area contributed by atoms with E-state index >= 15 is 0 Å². The monoisotopic (exact) mass is 340 g/mol. The first kappa shape index (κ1) is 22.7. The molecule has 24 heavy (non-hydrogen) atoms. The Labute approximate surface area is 148 Å². The van der Waals surface area contributed by atoms with E-state index in [1.807, 2.05) is 19.9 Å². The third-order valence-electron chi connectivity index (χ3n) is 3.45. The molecule has 0 saturated carbocycles. The van der Waals surface area contributed by atoms with Gasteiger partial charge in [-0.05, 0) is 52.9 Å². The molecule has 0 rings (SSSR count). The Hall–Kier alpha value is -1.32. The molecule has 0 aromatic heterocycles. The van der Waals surface area contributed by atoms with E-state index in [1.165, 1.54) is 12.8 Å². The van der Waals surface area contributed by atoms with Crippen LogP contribution < -0.4 is 0 Å². The fraction of sp³-hybridized carbons (Fsp3) is 0.800. The molecule has 0 saturated heterocycles. The number of rotatable bonds is 12. The molecule has 0 radical (unpaired) electrons. The summed E-state index contributed by atoms with van der Waals surface area (Å²) < 4.78 is 10.4. The summed E-state index contributed by atoms with van der Waals surface area (Å²) in [7, 11) is 0. The summed E-state index contributed by atoms with van der Waals surface area (Å²) in [4.78, 5) is 24.0. The first-order valence-electron chi connectivity index (χ1n) is 9.27. The van der Waals surface area contributed by atoms with E-state index in [-0.39, 0.29) is 30.6 Å². The number of esters is 2. The molecule has 0 aromatic carbocycles. The lowest BCUT2D eigenvalue weighted by atomic mass is 10.0. The second-order valence-corrected chi connectivity index (χ2v) is 7.31.